The number of carbonyl (C=O) groups excluding carboxylic acids is 3. The van der Waals surface area contributed by atoms with E-state index in [0.717, 1.165) is 12.1 Å². The third-order valence-electron chi connectivity index (χ3n) is 2.82. The molecule has 1 amide bonds. The van der Waals surface area contributed by atoms with Gasteiger partial charge in [0.25, 0.3) is 5.91 Å². The fourth-order valence-corrected chi connectivity index (χ4v) is 1.92. The Balaban J connectivity index is 1.98. The van der Waals surface area contributed by atoms with Crippen molar-refractivity contribution in [1.82, 2.24) is 0 Å². The van der Waals surface area contributed by atoms with Crippen LogP contribution in [0.1, 0.15) is 16.8 Å². The first kappa shape index (κ1) is 15.9. The summed E-state index contributed by atoms with van der Waals surface area (Å²) >= 11 is 5.76. The highest BCUT2D eigenvalue weighted by molar-refractivity contribution is 6.44. The largest absolute Gasteiger partial charge is 0.319 e. The third kappa shape index (κ3) is 4.23. The molecule has 0 aliphatic carbocycles. The second kappa shape index (κ2) is 6.95. The quantitative estimate of drug-likeness (QED) is 0.522. The molecule has 0 unspecified atom stereocenters. The van der Waals surface area contributed by atoms with Crippen LogP contribution in [0.5, 0.6) is 0 Å². The zero-order valence-electron chi connectivity index (χ0n) is 11.3. The summed E-state index contributed by atoms with van der Waals surface area (Å²) in [6.45, 7) is 0. The molecule has 4 nitrogen and oxygen atoms in total. The number of hydrogen-bond acceptors (Lipinski definition) is 3. The highest BCUT2D eigenvalue weighted by atomic mass is 35.5. The van der Waals surface area contributed by atoms with Gasteiger partial charge in [-0.15, -0.1) is 0 Å². The minimum absolute atomic E-state index is 0.172. The lowest BCUT2D eigenvalue weighted by Crippen LogP contribution is -2.25. The lowest BCUT2D eigenvalue weighted by molar-refractivity contribution is -0.134. The molecule has 22 heavy (non-hydrogen) atoms. The number of anilines is 1. The molecule has 0 aliphatic rings. The maximum Gasteiger partial charge on any atom is 0.292 e. The number of Topliss-reactive ketones (excluding diaryl/α,β-unsaturated/α-hetero) is 2. The topological polar surface area (TPSA) is 63.2 Å². The van der Waals surface area contributed by atoms with Crippen molar-refractivity contribution in [3.63, 3.8) is 0 Å². The van der Waals surface area contributed by atoms with Gasteiger partial charge in [0.15, 0.2) is 5.78 Å². The van der Waals surface area contributed by atoms with E-state index in [1.807, 2.05) is 0 Å². The predicted octanol–water partition coefficient (Wildman–Crippen LogP) is 3.26. The molecule has 0 fully saturated rings. The molecule has 0 atom stereocenters. The molecule has 0 heterocycles. The van der Waals surface area contributed by atoms with E-state index in [9.17, 15) is 18.8 Å². The van der Waals surface area contributed by atoms with Gasteiger partial charge in [-0.05, 0) is 42.5 Å². The van der Waals surface area contributed by atoms with E-state index in [-0.39, 0.29) is 5.56 Å². The van der Waals surface area contributed by atoms with Crippen LogP contribution in [0.2, 0.25) is 5.02 Å². The molecule has 2 aromatic rings. The van der Waals surface area contributed by atoms with Gasteiger partial charge in [0, 0.05) is 16.3 Å². The number of halogens is 2. The lowest BCUT2D eigenvalue weighted by atomic mass is 10.1. The molecular weight excluding hydrogens is 309 g/mol. The van der Waals surface area contributed by atoms with Crippen molar-refractivity contribution >= 4 is 34.8 Å². The van der Waals surface area contributed by atoms with Gasteiger partial charge < -0.3 is 5.32 Å². The van der Waals surface area contributed by atoms with Crippen LogP contribution in [-0.4, -0.2) is 17.5 Å². The van der Waals surface area contributed by atoms with Crippen LogP contribution in [0.15, 0.2) is 48.5 Å². The highest BCUT2D eigenvalue weighted by Crippen LogP contribution is 2.15. The normalized spacial score (nSPS) is 10.1. The van der Waals surface area contributed by atoms with Crippen LogP contribution < -0.4 is 5.32 Å². The molecule has 6 heteroatoms. The second-order valence-corrected chi connectivity index (χ2v) is 4.93. The Morgan fingerprint density at radius 3 is 2.36 bits per heavy atom. The van der Waals surface area contributed by atoms with E-state index < -0.39 is 29.7 Å². The van der Waals surface area contributed by atoms with Gasteiger partial charge in [0.2, 0.25) is 5.78 Å². The molecule has 1 N–H and O–H groups in total. The van der Waals surface area contributed by atoms with Crippen molar-refractivity contribution in [2.24, 2.45) is 0 Å². The van der Waals surface area contributed by atoms with Gasteiger partial charge in [0.05, 0.1) is 6.42 Å². The third-order valence-corrected chi connectivity index (χ3v) is 3.06. The van der Waals surface area contributed by atoms with E-state index in [4.69, 9.17) is 11.6 Å². The van der Waals surface area contributed by atoms with Gasteiger partial charge in [-0.1, -0.05) is 17.7 Å². The van der Waals surface area contributed by atoms with Crippen molar-refractivity contribution < 1.29 is 18.8 Å². The van der Waals surface area contributed by atoms with E-state index in [1.165, 1.54) is 18.2 Å². The molecule has 0 bridgehead atoms. The number of hydrogen-bond donors (Lipinski definition) is 1. The summed E-state index contributed by atoms with van der Waals surface area (Å²) in [6, 6.07) is 11.0. The van der Waals surface area contributed by atoms with Crippen LogP contribution in [-0.2, 0) is 9.59 Å². The first-order chi connectivity index (χ1) is 10.5. The molecule has 2 aromatic carbocycles. The monoisotopic (exact) mass is 319 g/mol. The molecule has 0 radical (unpaired) electrons. The molecule has 0 aliphatic heterocycles. The van der Waals surface area contributed by atoms with Gasteiger partial charge >= 0.3 is 0 Å². The Hall–Kier alpha value is -2.53. The van der Waals surface area contributed by atoms with Crippen LogP contribution in [0.3, 0.4) is 0 Å². The van der Waals surface area contributed by atoms with Gasteiger partial charge in [-0.2, -0.15) is 0 Å². The molecular formula is C16H11ClFNO3. The SMILES string of the molecule is O=C(CC(=O)c1ccc(F)cc1)C(=O)Nc1cccc(Cl)c1. The highest BCUT2D eigenvalue weighted by Gasteiger charge is 2.19. The Labute approximate surface area is 130 Å². The van der Waals surface area contributed by atoms with Crippen molar-refractivity contribution in [3.05, 3.63) is 64.9 Å². The smallest absolute Gasteiger partial charge is 0.292 e. The first-order valence-electron chi connectivity index (χ1n) is 6.34. The van der Waals surface area contributed by atoms with Gasteiger partial charge in [-0.3, -0.25) is 14.4 Å². The van der Waals surface area contributed by atoms with Gasteiger partial charge in [0.1, 0.15) is 5.82 Å². The van der Waals surface area contributed by atoms with E-state index in [0.29, 0.717) is 10.7 Å². The fourth-order valence-electron chi connectivity index (χ4n) is 1.73. The molecule has 2 rings (SSSR count). The number of benzene rings is 2. The maximum atomic E-state index is 12.8. The van der Waals surface area contributed by atoms with E-state index >= 15 is 0 Å². The molecule has 112 valence electrons. The summed E-state index contributed by atoms with van der Waals surface area (Å²) in [4.78, 5) is 35.3. The number of carbonyl (C=O) groups is 3. The van der Waals surface area contributed by atoms with E-state index in [2.05, 4.69) is 5.32 Å². The zero-order valence-corrected chi connectivity index (χ0v) is 12.1. The maximum absolute atomic E-state index is 12.8. The second-order valence-electron chi connectivity index (χ2n) is 4.49. The molecule has 0 spiro atoms. The van der Waals surface area contributed by atoms with Crippen LogP contribution >= 0.6 is 11.6 Å². The van der Waals surface area contributed by atoms with Crippen molar-refractivity contribution in [2.75, 3.05) is 5.32 Å². The average Bonchev–Trinajstić information content (AvgIpc) is 2.47. The summed E-state index contributed by atoms with van der Waals surface area (Å²) < 4.78 is 12.8. The van der Waals surface area contributed by atoms with Crippen LogP contribution in [0.4, 0.5) is 10.1 Å². The zero-order chi connectivity index (χ0) is 16.1. The number of nitrogens with one attached hydrogen (secondary N) is 1. The number of ketones is 2. The van der Waals surface area contributed by atoms with Crippen molar-refractivity contribution in [1.29, 1.82) is 0 Å². The van der Waals surface area contributed by atoms with Crippen molar-refractivity contribution in [2.45, 2.75) is 6.42 Å². The van der Waals surface area contributed by atoms with Crippen molar-refractivity contribution in [3.8, 4) is 0 Å². The average molecular weight is 320 g/mol. The fraction of sp³-hybridized carbons (Fsp3) is 0.0625. The minimum atomic E-state index is -0.905. The number of amides is 1. The van der Waals surface area contributed by atoms with Crippen LogP contribution in [0, 0.1) is 5.82 Å². The summed E-state index contributed by atoms with van der Waals surface area (Å²) in [5.41, 5.74) is 0.533. The first-order valence-corrected chi connectivity index (χ1v) is 6.72. The lowest BCUT2D eigenvalue weighted by Gasteiger charge is -2.04. The molecule has 0 saturated heterocycles. The minimum Gasteiger partial charge on any atom is -0.319 e. The summed E-state index contributed by atoms with van der Waals surface area (Å²) in [6.07, 6.45) is -0.585. The van der Waals surface area contributed by atoms with Gasteiger partial charge in [-0.25, -0.2) is 4.39 Å². The Morgan fingerprint density at radius 1 is 1.05 bits per heavy atom. The number of rotatable bonds is 5. The Kier molecular flexibility index (Phi) is 5.01. The van der Waals surface area contributed by atoms with E-state index in [1.54, 1.807) is 18.2 Å². The molecule has 0 aromatic heterocycles. The summed E-state index contributed by atoms with van der Waals surface area (Å²) in [5.74, 6) is -2.82. The Bertz CT molecular complexity index is 728. The summed E-state index contributed by atoms with van der Waals surface area (Å²) in [5, 5.41) is 2.77. The standard InChI is InChI=1S/C16H11ClFNO3/c17-11-2-1-3-13(8-11)19-16(22)15(21)9-14(20)10-4-6-12(18)7-5-10/h1-8H,9H2,(H,19,22). The Morgan fingerprint density at radius 2 is 1.73 bits per heavy atom. The predicted molar refractivity (Wildman–Crippen MR) is 80.4 cm³/mol. The molecule has 0 saturated carbocycles. The van der Waals surface area contributed by atoms with Crippen LogP contribution in [0.25, 0.3) is 0 Å². The summed E-state index contributed by atoms with van der Waals surface area (Å²) in [7, 11) is 0.